The number of rotatable bonds is 5. The summed E-state index contributed by atoms with van der Waals surface area (Å²) in [5.74, 6) is 1.55. The zero-order valence-electron chi connectivity index (χ0n) is 13.8. The van der Waals surface area contributed by atoms with Crippen molar-refractivity contribution >= 4 is 51.1 Å². The van der Waals surface area contributed by atoms with Gasteiger partial charge in [0.1, 0.15) is 0 Å². The molecule has 1 aliphatic heterocycles. The normalized spacial score (nSPS) is 20.3. The Morgan fingerprint density at radius 2 is 2.22 bits per heavy atom. The lowest BCUT2D eigenvalue weighted by Crippen LogP contribution is -2.43. The van der Waals surface area contributed by atoms with Gasteiger partial charge < -0.3 is 10.6 Å². The maximum absolute atomic E-state index is 11.5. The van der Waals surface area contributed by atoms with Crippen molar-refractivity contribution in [3.05, 3.63) is 21.9 Å². The molecule has 1 fully saturated rings. The molecule has 2 N–H and O–H groups in total. The van der Waals surface area contributed by atoms with Crippen LogP contribution in [0.25, 0.3) is 0 Å². The van der Waals surface area contributed by atoms with Crippen molar-refractivity contribution in [2.75, 3.05) is 18.1 Å². The number of hydrogen-bond donors (Lipinski definition) is 2. The van der Waals surface area contributed by atoms with Gasteiger partial charge in [0.25, 0.3) is 0 Å². The van der Waals surface area contributed by atoms with E-state index in [2.05, 4.69) is 47.8 Å². The Bertz CT molecular complexity index is 626. The highest BCUT2D eigenvalue weighted by atomic mass is 127. The van der Waals surface area contributed by atoms with Crippen molar-refractivity contribution in [3.63, 3.8) is 0 Å². The number of guanidine groups is 1. The fourth-order valence-corrected chi connectivity index (χ4v) is 5.11. The van der Waals surface area contributed by atoms with Gasteiger partial charge in [-0.2, -0.15) is 0 Å². The zero-order valence-corrected chi connectivity index (χ0v) is 17.8. The predicted molar refractivity (Wildman–Crippen MR) is 109 cm³/mol. The summed E-state index contributed by atoms with van der Waals surface area (Å²) in [6, 6.07) is 2.38. The molecule has 2 heterocycles. The number of hydrogen-bond acceptors (Lipinski definition) is 4. The molecule has 132 valence electrons. The van der Waals surface area contributed by atoms with Crippen molar-refractivity contribution in [2.24, 2.45) is 10.9 Å². The number of aryl methyl sites for hydroxylation is 1. The van der Waals surface area contributed by atoms with Gasteiger partial charge in [0.05, 0.1) is 18.1 Å². The molecule has 0 saturated carbocycles. The molecular formula is C15H26IN3O2S2. The molecule has 23 heavy (non-hydrogen) atoms. The first-order chi connectivity index (χ1) is 10.4. The highest BCUT2D eigenvalue weighted by Gasteiger charge is 2.27. The SMILES string of the molecule is Cc1ccsc1CN=C(NCC1CCS(=O)(=O)C1)NC(C)C.I. The van der Waals surface area contributed by atoms with Crippen molar-refractivity contribution in [1.82, 2.24) is 10.6 Å². The molecule has 0 aliphatic carbocycles. The second kappa shape index (κ2) is 9.22. The molecule has 1 aromatic rings. The quantitative estimate of drug-likeness (QED) is 0.394. The predicted octanol–water partition coefficient (Wildman–Crippen LogP) is 2.55. The molecule has 0 aromatic carbocycles. The van der Waals surface area contributed by atoms with Gasteiger partial charge in [0.15, 0.2) is 15.8 Å². The number of aliphatic imine (C=N–C) groups is 1. The fraction of sp³-hybridized carbons (Fsp3) is 0.667. The van der Waals surface area contributed by atoms with Crippen molar-refractivity contribution in [2.45, 2.75) is 39.8 Å². The van der Waals surface area contributed by atoms with Gasteiger partial charge in [-0.25, -0.2) is 13.4 Å². The first-order valence-electron chi connectivity index (χ1n) is 7.64. The smallest absolute Gasteiger partial charge is 0.191 e. The number of thiophene rings is 1. The fourth-order valence-electron chi connectivity index (χ4n) is 2.42. The molecule has 1 aromatic heterocycles. The van der Waals surface area contributed by atoms with E-state index in [1.807, 2.05) is 0 Å². The second-order valence-corrected chi connectivity index (χ2v) is 9.37. The Morgan fingerprint density at radius 3 is 2.74 bits per heavy atom. The summed E-state index contributed by atoms with van der Waals surface area (Å²) in [7, 11) is -2.82. The minimum absolute atomic E-state index is 0. The van der Waals surface area contributed by atoms with Crippen LogP contribution in [0.2, 0.25) is 0 Å². The Kier molecular flexibility index (Phi) is 8.29. The van der Waals surface area contributed by atoms with E-state index in [-0.39, 0.29) is 35.9 Å². The molecule has 5 nitrogen and oxygen atoms in total. The molecule has 1 aliphatic rings. The molecule has 2 rings (SSSR count). The standard InChI is InChI=1S/C15H25N3O2S2.HI/c1-11(2)18-15(17-9-14-12(3)4-6-21-14)16-8-13-5-7-22(19,20)10-13;/h4,6,11,13H,5,7-10H2,1-3H3,(H2,16,17,18);1H. The molecule has 1 saturated heterocycles. The summed E-state index contributed by atoms with van der Waals surface area (Å²) < 4.78 is 23.0. The van der Waals surface area contributed by atoms with E-state index in [9.17, 15) is 8.42 Å². The van der Waals surface area contributed by atoms with Gasteiger partial charge >= 0.3 is 0 Å². The van der Waals surface area contributed by atoms with E-state index in [0.717, 1.165) is 12.4 Å². The van der Waals surface area contributed by atoms with Crippen LogP contribution in [0.1, 0.15) is 30.7 Å². The largest absolute Gasteiger partial charge is 0.356 e. The van der Waals surface area contributed by atoms with Crippen LogP contribution in [0.15, 0.2) is 16.4 Å². The molecule has 0 spiro atoms. The van der Waals surface area contributed by atoms with Crippen molar-refractivity contribution in [3.8, 4) is 0 Å². The maximum Gasteiger partial charge on any atom is 0.191 e. The van der Waals surface area contributed by atoms with Crippen LogP contribution in [0.5, 0.6) is 0 Å². The molecule has 0 bridgehead atoms. The number of sulfone groups is 1. The van der Waals surface area contributed by atoms with E-state index in [0.29, 0.717) is 24.6 Å². The summed E-state index contributed by atoms with van der Waals surface area (Å²) in [6.45, 7) is 7.52. The van der Waals surface area contributed by atoms with Crippen LogP contribution < -0.4 is 10.6 Å². The maximum atomic E-state index is 11.5. The average molecular weight is 471 g/mol. The van der Waals surface area contributed by atoms with Crippen LogP contribution in [-0.4, -0.2) is 38.5 Å². The Labute approximate surface area is 160 Å². The summed E-state index contributed by atoms with van der Waals surface area (Å²) in [6.07, 6.45) is 0.744. The van der Waals surface area contributed by atoms with Crippen molar-refractivity contribution in [1.29, 1.82) is 0 Å². The lowest BCUT2D eigenvalue weighted by atomic mass is 10.1. The van der Waals surface area contributed by atoms with Crippen molar-refractivity contribution < 1.29 is 8.42 Å². The van der Waals surface area contributed by atoms with Crippen LogP contribution in [-0.2, 0) is 16.4 Å². The van der Waals surface area contributed by atoms with Crippen LogP contribution in [0.3, 0.4) is 0 Å². The number of nitrogens with one attached hydrogen (secondary N) is 2. The topological polar surface area (TPSA) is 70.6 Å². The van der Waals surface area contributed by atoms with E-state index in [1.165, 1.54) is 10.4 Å². The third-order valence-electron chi connectivity index (χ3n) is 3.66. The van der Waals surface area contributed by atoms with Gasteiger partial charge in [-0.05, 0) is 50.1 Å². The van der Waals surface area contributed by atoms with Gasteiger partial charge in [0, 0.05) is 17.5 Å². The first-order valence-corrected chi connectivity index (χ1v) is 10.3. The number of nitrogens with zero attached hydrogens (tertiary/aromatic N) is 1. The molecule has 0 amide bonds. The third-order valence-corrected chi connectivity index (χ3v) is 6.50. The Morgan fingerprint density at radius 1 is 1.48 bits per heavy atom. The van der Waals surface area contributed by atoms with Crippen LogP contribution in [0, 0.1) is 12.8 Å². The Hall–Kier alpha value is -0.350. The summed E-state index contributed by atoms with van der Waals surface area (Å²) in [5, 5.41) is 8.67. The van der Waals surface area contributed by atoms with Crippen LogP contribution >= 0.6 is 35.3 Å². The highest BCUT2D eigenvalue weighted by Crippen LogP contribution is 2.18. The third kappa shape index (κ3) is 6.96. The lowest BCUT2D eigenvalue weighted by molar-refractivity contribution is 0.562. The average Bonchev–Trinajstić information content (AvgIpc) is 2.98. The highest BCUT2D eigenvalue weighted by molar-refractivity contribution is 14.0. The molecule has 0 radical (unpaired) electrons. The van der Waals surface area contributed by atoms with Gasteiger partial charge in [-0.3, -0.25) is 0 Å². The minimum Gasteiger partial charge on any atom is -0.356 e. The van der Waals surface area contributed by atoms with Gasteiger partial charge in [-0.15, -0.1) is 35.3 Å². The molecule has 1 unspecified atom stereocenters. The second-order valence-electron chi connectivity index (χ2n) is 6.14. The van der Waals surface area contributed by atoms with E-state index < -0.39 is 9.84 Å². The van der Waals surface area contributed by atoms with E-state index in [4.69, 9.17) is 0 Å². The first kappa shape index (κ1) is 20.7. The zero-order chi connectivity index (χ0) is 16.2. The Balaban J connectivity index is 0.00000264. The van der Waals surface area contributed by atoms with Gasteiger partial charge in [0.2, 0.25) is 0 Å². The summed E-state index contributed by atoms with van der Waals surface area (Å²) >= 11 is 1.71. The lowest BCUT2D eigenvalue weighted by Gasteiger charge is -2.17. The van der Waals surface area contributed by atoms with Gasteiger partial charge in [-0.1, -0.05) is 0 Å². The summed E-state index contributed by atoms with van der Waals surface area (Å²) in [5.41, 5.74) is 1.26. The monoisotopic (exact) mass is 471 g/mol. The molecule has 1 atom stereocenters. The molecular weight excluding hydrogens is 445 g/mol. The molecule has 8 heteroatoms. The van der Waals surface area contributed by atoms with E-state index in [1.54, 1.807) is 11.3 Å². The summed E-state index contributed by atoms with van der Waals surface area (Å²) in [4.78, 5) is 5.88. The van der Waals surface area contributed by atoms with Crippen LogP contribution in [0.4, 0.5) is 0 Å². The minimum atomic E-state index is -2.82. The van der Waals surface area contributed by atoms with E-state index >= 15 is 0 Å². The number of halogens is 1.